The molecule has 0 unspecified atom stereocenters. The summed E-state index contributed by atoms with van der Waals surface area (Å²) >= 11 is 0. The van der Waals surface area contributed by atoms with Gasteiger partial charge in [0.2, 0.25) is 0 Å². The molecule has 0 aromatic rings. The first kappa shape index (κ1) is 10.7. The Labute approximate surface area is 46.2 Å². The van der Waals surface area contributed by atoms with Gasteiger partial charge in [0.1, 0.15) is 0 Å². The zero-order valence-corrected chi connectivity index (χ0v) is 4.68. The summed E-state index contributed by atoms with van der Waals surface area (Å²) in [7, 11) is -3.54. The standard InChI is InChI=1S/CH3FO4S.N/c1-5-7(3,4)6-2;/h1H3;. The van der Waals surface area contributed by atoms with Gasteiger partial charge in [0.15, 0.2) is 0 Å². The normalized spacial score (nSPS) is 10.2. The summed E-state index contributed by atoms with van der Waals surface area (Å²) < 4.78 is 35.5. The Morgan fingerprint density at radius 1 is 1.50 bits per heavy atom. The Morgan fingerprint density at radius 3 is 1.88 bits per heavy atom. The topological polar surface area (TPSA) is 83.1 Å². The van der Waals surface area contributed by atoms with Crippen LogP contribution in [-0.2, 0) is 19.0 Å². The number of hydrogen-bond acceptors (Lipinski definition) is 4. The second-order valence-electron chi connectivity index (χ2n) is 0.638. The predicted octanol–water partition coefficient (Wildman–Crippen LogP) is -0.702. The molecule has 0 aliphatic carbocycles. The van der Waals surface area contributed by atoms with Crippen molar-refractivity contribution in [1.29, 1.82) is 0 Å². The van der Waals surface area contributed by atoms with Crippen molar-refractivity contribution in [2.24, 2.45) is 0 Å². The smallest absolute Gasteiger partial charge is 0.250 e. The van der Waals surface area contributed by atoms with Crippen molar-refractivity contribution in [2.75, 3.05) is 7.11 Å². The Bertz CT molecular complexity index is 119. The van der Waals surface area contributed by atoms with Gasteiger partial charge in [-0.25, -0.2) is 4.18 Å². The summed E-state index contributed by atoms with van der Waals surface area (Å²) in [6.45, 7) is 0. The third-order valence-electron chi connectivity index (χ3n) is 0.281. The lowest BCUT2D eigenvalue weighted by molar-refractivity contribution is -0.0148. The maximum Gasteiger partial charge on any atom is 0.430 e. The number of nitrogens with zero attached hydrogens (tertiary/aromatic N) is 1. The Balaban J connectivity index is 0. The fourth-order valence-electron chi connectivity index (χ4n) is 0.0257. The average Bonchev–Trinajstić information content (AvgIpc) is 1.68. The minimum atomic E-state index is -4.32. The average molecular weight is 144 g/mol. The van der Waals surface area contributed by atoms with Crippen LogP contribution < -0.4 is 6.15 Å². The summed E-state index contributed by atoms with van der Waals surface area (Å²) in [6.07, 6.45) is 0. The molecule has 3 radical (unpaired) electrons. The van der Waals surface area contributed by atoms with Crippen LogP contribution in [0, 0.1) is 0 Å². The largest absolute Gasteiger partial charge is 0.430 e. The van der Waals surface area contributed by atoms with Gasteiger partial charge < -0.3 is 0 Å². The first-order valence-corrected chi connectivity index (χ1v) is 2.56. The van der Waals surface area contributed by atoms with Crippen LogP contribution in [0.25, 0.3) is 0 Å². The molecular weight excluding hydrogens is 141 g/mol. The van der Waals surface area contributed by atoms with E-state index in [0.29, 0.717) is 0 Å². The molecule has 0 aromatic heterocycles. The van der Waals surface area contributed by atoms with Crippen LogP contribution in [0.2, 0.25) is 0 Å². The van der Waals surface area contributed by atoms with Crippen molar-refractivity contribution in [3.05, 3.63) is 0 Å². The molecule has 0 aromatic carbocycles. The van der Waals surface area contributed by atoms with Crippen LogP contribution in [-0.4, -0.2) is 15.5 Å². The molecule has 0 amide bonds. The van der Waals surface area contributed by atoms with Crippen molar-refractivity contribution >= 4 is 10.4 Å². The van der Waals surface area contributed by atoms with E-state index < -0.39 is 10.4 Å². The van der Waals surface area contributed by atoms with Crippen molar-refractivity contribution in [2.45, 2.75) is 0 Å². The molecule has 0 N–H and O–H groups in total. The van der Waals surface area contributed by atoms with Gasteiger partial charge in [0.05, 0.1) is 7.11 Å². The second kappa shape index (κ2) is 3.72. The number of halogens is 1. The molecule has 0 aliphatic heterocycles. The minimum Gasteiger partial charge on any atom is -0.250 e. The molecule has 5 nitrogen and oxygen atoms in total. The summed E-state index contributed by atoms with van der Waals surface area (Å²) in [5.41, 5.74) is 0. The molecule has 0 spiro atoms. The van der Waals surface area contributed by atoms with E-state index >= 15 is 0 Å². The molecule has 0 bridgehead atoms. The van der Waals surface area contributed by atoms with E-state index in [2.05, 4.69) is 8.57 Å². The lowest BCUT2D eigenvalue weighted by Gasteiger charge is -1.86. The molecule has 0 rings (SSSR count). The highest BCUT2D eigenvalue weighted by molar-refractivity contribution is 7.81. The fourth-order valence-corrected chi connectivity index (χ4v) is 0.0772. The van der Waals surface area contributed by atoms with Crippen molar-refractivity contribution in [3.8, 4) is 0 Å². The highest BCUT2D eigenvalue weighted by Gasteiger charge is 2.06. The van der Waals surface area contributed by atoms with Crippen LogP contribution >= 0.6 is 0 Å². The van der Waals surface area contributed by atoms with Crippen LogP contribution in [0.3, 0.4) is 0 Å². The maximum atomic E-state index is 10.6. The van der Waals surface area contributed by atoms with Crippen LogP contribution in [0.5, 0.6) is 0 Å². The minimum absolute atomic E-state index is 0. The molecule has 8 heavy (non-hydrogen) atoms. The van der Waals surface area contributed by atoms with E-state index in [1.807, 2.05) is 0 Å². The molecule has 0 aliphatic rings. The molecule has 49 valence electrons. The van der Waals surface area contributed by atoms with Gasteiger partial charge in [-0.2, -0.15) is 8.42 Å². The first-order chi connectivity index (χ1) is 3.12. The van der Waals surface area contributed by atoms with Crippen LogP contribution in [0.1, 0.15) is 0 Å². The van der Waals surface area contributed by atoms with Gasteiger partial charge in [-0.05, 0) is 8.91 Å². The number of hydrogen-bond donors (Lipinski definition) is 0. The van der Waals surface area contributed by atoms with E-state index in [-0.39, 0.29) is 6.15 Å². The Kier molecular flexibility index (Phi) is 4.98. The lowest BCUT2D eigenvalue weighted by Crippen LogP contribution is -1.99. The predicted molar refractivity (Wildman–Crippen MR) is 20.3 cm³/mol. The summed E-state index contributed by atoms with van der Waals surface area (Å²) in [6, 6.07) is 0. The molecule has 0 saturated heterocycles. The highest BCUT2D eigenvalue weighted by Crippen LogP contribution is 1.90. The summed E-state index contributed by atoms with van der Waals surface area (Å²) in [5, 5.41) is 0. The van der Waals surface area contributed by atoms with Gasteiger partial charge in [-0.15, -0.1) is 0 Å². The van der Waals surface area contributed by atoms with Gasteiger partial charge in [-0.3, -0.25) is 0 Å². The molecular formula is CH3FNO4S. The molecule has 0 atom stereocenters. The van der Waals surface area contributed by atoms with Crippen molar-refractivity contribution in [3.63, 3.8) is 0 Å². The van der Waals surface area contributed by atoms with Crippen molar-refractivity contribution < 1.29 is 21.5 Å². The summed E-state index contributed by atoms with van der Waals surface area (Å²) in [5.74, 6) is 0. The molecule has 7 heteroatoms. The monoisotopic (exact) mass is 144 g/mol. The Hall–Kier alpha value is -0.240. The molecule has 0 saturated carbocycles. The van der Waals surface area contributed by atoms with E-state index in [0.717, 1.165) is 7.11 Å². The van der Waals surface area contributed by atoms with Gasteiger partial charge >= 0.3 is 10.4 Å². The maximum absolute atomic E-state index is 10.6. The van der Waals surface area contributed by atoms with Gasteiger partial charge in [-0.1, -0.05) is 0 Å². The van der Waals surface area contributed by atoms with E-state index in [9.17, 15) is 12.9 Å². The third kappa shape index (κ3) is 3.93. The quantitative estimate of drug-likeness (QED) is 0.512. The fraction of sp³-hybridized carbons (Fsp3) is 1.00. The van der Waals surface area contributed by atoms with E-state index in [1.54, 1.807) is 0 Å². The van der Waals surface area contributed by atoms with E-state index in [1.165, 1.54) is 0 Å². The van der Waals surface area contributed by atoms with E-state index in [4.69, 9.17) is 0 Å². The second-order valence-corrected chi connectivity index (χ2v) is 1.91. The molecule has 0 fully saturated rings. The van der Waals surface area contributed by atoms with Gasteiger partial charge in [0.25, 0.3) is 0 Å². The highest BCUT2D eigenvalue weighted by atomic mass is 32.3. The zero-order chi connectivity index (χ0) is 5.91. The SMILES string of the molecule is COS(=O)(=O)OF.[N]. The van der Waals surface area contributed by atoms with Crippen LogP contribution in [0.4, 0.5) is 4.53 Å². The lowest BCUT2D eigenvalue weighted by atomic mass is 11.8. The third-order valence-corrected chi connectivity index (χ3v) is 0.844. The first-order valence-electron chi connectivity index (χ1n) is 1.23. The van der Waals surface area contributed by atoms with Crippen LogP contribution in [0.15, 0.2) is 0 Å². The number of rotatable bonds is 2. The summed E-state index contributed by atoms with van der Waals surface area (Å²) in [4.78, 5) is 0. The Morgan fingerprint density at radius 2 is 1.88 bits per heavy atom. The van der Waals surface area contributed by atoms with Crippen molar-refractivity contribution in [1.82, 2.24) is 6.15 Å². The zero-order valence-electron chi connectivity index (χ0n) is 3.87. The molecule has 0 heterocycles. The van der Waals surface area contributed by atoms with Gasteiger partial charge in [0, 0.05) is 6.15 Å².